The maximum absolute atomic E-state index is 2.28. The number of fused-ring (bicyclic) bond motifs is 1. The van der Waals surface area contributed by atoms with Gasteiger partial charge in [-0.25, -0.2) is 4.57 Å². The molecule has 0 aliphatic heterocycles. The number of hydrogen-bond acceptors (Lipinski definition) is 0. The predicted octanol–water partition coefficient (Wildman–Crippen LogP) is 5.31. The molecule has 1 aromatic heterocycles. The van der Waals surface area contributed by atoms with E-state index in [9.17, 15) is 0 Å². The van der Waals surface area contributed by atoms with Gasteiger partial charge in [0.15, 0.2) is 6.20 Å². The standard InChI is InChI=1S/C23H20N/c1-17-21-11-7-6-10-19(21)12-13-22(17)23-16-20(14-15-24(23)2)18-8-4-3-5-9-18/h3-16H,1-2H3/q+1. The molecule has 1 heterocycles. The first-order valence-electron chi connectivity index (χ1n) is 8.28. The Labute approximate surface area is 142 Å². The first kappa shape index (κ1) is 14.6. The molecule has 0 fully saturated rings. The Hall–Kier alpha value is -2.93. The molecule has 0 spiro atoms. The third kappa shape index (κ3) is 2.48. The largest absolute Gasteiger partial charge is 0.213 e. The van der Waals surface area contributed by atoms with E-state index in [1.807, 2.05) is 0 Å². The highest BCUT2D eigenvalue weighted by atomic mass is 14.9. The zero-order chi connectivity index (χ0) is 16.5. The van der Waals surface area contributed by atoms with Crippen LogP contribution in [-0.2, 0) is 7.05 Å². The van der Waals surface area contributed by atoms with E-state index < -0.39 is 0 Å². The van der Waals surface area contributed by atoms with Crippen molar-refractivity contribution in [3.05, 3.63) is 90.6 Å². The van der Waals surface area contributed by atoms with E-state index >= 15 is 0 Å². The highest BCUT2D eigenvalue weighted by Gasteiger charge is 2.15. The Morgan fingerprint density at radius 3 is 2.29 bits per heavy atom. The minimum absolute atomic E-state index is 1.24. The summed E-state index contributed by atoms with van der Waals surface area (Å²) in [5, 5.41) is 2.61. The molecule has 1 nitrogen and oxygen atoms in total. The number of nitrogens with zero attached hydrogens (tertiary/aromatic N) is 1. The van der Waals surface area contributed by atoms with Gasteiger partial charge >= 0.3 is 0 Å². The maximum atomic E-state index is 2.28. The molecule has 0 saturated carbocycles. The third-order valence-electron chi connectivity index (χ3n) is 4.73. The second-order valence-electron chi connectivity index (χ2n) is 6.24. The molecule has 0 atom stereocenters. The van der Waals surface area contributed by atoms with Crippen LogP contribution in [0.4, 0.5) is 0 Å². The summed E-state index contributed by atoms with van der Waals surface area (Å²) in [7, 11) is 2.11. The molecule has 0 aliphatic rings. The van der Waals surface area contributed by atoms with Crippen molar-refractivity contribution >= 4 is 10.8 Å². The van der Waals surface area contributed by atoms with Crippen molar-refractivity contribution in [1.29, 1.82) is 0 Å². The van der Waals surface area contributed by atoms with Crippen molar-refractivity contribution in [2.75, 3.05) is 0 Å². The van der Waals surface area contributed by atoms with Crippen LogP contribution >= 0.6 is 0 Å². The van der Waals surface area contributed by atoms with E-state index in [0.29, 0.717) is 0 Å². The normalized spacial score (nSPS) is 10.9. The lowest BCUT2D eigenvalue weighted by molar-refractivity contribution is -0.660. The number of aryl methyl sites for hydroxylation is 2. The fraction of sp³-hybridized carbons (Fsp3) is 0.0870. The van der Waals surface area contributed by atoms with Gasteiger partial charge in [-0.15, -0.1) is 0 Å². The number of benzene rings is 3. The van der Waals surface area contributed by atoms with Crippen molar-refractivity contribution < 1.29 is 4.57 Å². The molecule has 0 N–H and O–H groups in total. The average Bonchev–Trinajstić information content (AvgIpc) is 2.64. The molecule has 0 bridgehead atoms. The Morgan fingerprint density at radius 1 is 0.708 bits per heavy atom. The summed E-state index contributed by atoms with van der Waals surface area (Å²) in [5.41, 5.74) is 6.34. The molecule has 0 amide bonds. The highest BCUT2D eigenvalue weighted by molar-refractivity contribution is 5.91. The first-order valence-corrected chi connectivity index (χ1v) is 8.28. The molecule has 116 valence electrons. The summed E-state index contributed by atoms with van der Waals surface area (Å²) in [4.78, 5) is 0. The molecule has 0 aliphatic carbocycles. The van der Waals surface area contributed by atoms with E-state index in [1.165, 1.54) is 38.7 Å². The smallest absolute Gasteiger partial charge is 0.201 e. The lowest BCUT2D eigenvalue weighted by Gasteiger charge is -2.09. The van der Waals surface area contributed by atoms with Crippen LogP contribution in [0.3, 0.4) is 0 Å². The Bertz CT molecular complexity index is 1020. The molecule has 0 unspecified atom stereocenters. The van der Waals surface area contributed by atoms with Gasteiger partial charge in [0.1, 0.15) is 7.05 Å². The van der Waals surface area contributed by atoms with Gasteiger partial charge in [-0.05, 0) is 40.5 Å². The van der Waals surface area contributed by atoms with E-state index in [0.717, 1.165) is 0 Å². The second-order valence-corrected chi connectivity index (χ2v) is 6.24. The van der Waals surface area contributed by atoms with Gasteiger partial charge in [-0.1, -0.05) is 60.7 Å². The summed E-state index contributed by atoms with van der Waals surface area (Å²) in [6.07, 6.45) is 2.15. The topological polar surface area (TPSA) is 3.88 Å². The zero-order valence-electron chi connectivity index (χ0n) is 14.0. The number of pyridine rings is 1. The molecule has 24 heavy (non-hydrogen) atoms. The molecular weight excluding hydrogens is 290 g/mol. The Morgan fingerprint density at radius 2 is 1.46 bits per heavy atom. The quantitative estimate of drug-likeness (QED) is 0.442. The lowest BCUT2D eigenvalue weighted by atomic mass is 9.96. The van der Waals surface area contributed by atoms with E-state index in [4.69, 9.17) is 0 Å². The van der Waals surface area contributed by atoms with Crippen molar-refractivity contribution in [3.8, 4) is 22.4 Å². The molecule has 4 rings (SSSR count). The first-order chi connectivity index (χ1) is 11.7. The van der Waals surface area contributed by atoms with Crippen LogP contribution in [0.2, 0.25) is 0 Å². The Balaban J connectivity index is 1.92. The summed E-state index contributed by atoms with van der Waals surface area (Å²) in [6, 6.07) is 28.0. The predicted molar refractivity (Wildman–Crippen MR) is 101 cm³/mol. The van der Waals surface area contributed by atoms with Crippen LogP contribution in [-0.4, -0.2) is 0 Å². The van der Waals surface area contributed by atoms with Gasteiger partial charge in [-0.3, -0.25) is 0 Å². The zero-order valence-corrected chi connectivity index (χ0v) is 14.0. The van der Waals surface area contributed by atoms with E-state index in [2.05, 4.69) is 104 Å². The van der Waals surface area contributed by atoms with Crippen LogP contribution in [0.5, 0.6) is 0 Å². The van der Waals surface area contributed by atoms with Gasteiger partial charge in [0.25, 0.3) is 0 Å². The van der Waals surface area contributed by atoms with Gasteiger partial charge in [-0.2, -0.15) is 0 Å². The fourth-order valence-corrected chi connectivity index (χ4v) is 3.35. The van der Waals surface area contributed by atoms with Crippen LogP contribution in [0.1, 0.15) is 5.56 Å². The van der Waals surface area contributed by atoms with Crippen molar-refractivity contribution in [1.82, 2.24) is 0 Å². The molecule has 0 radical (unpaired) electrons. The number of aromatic nitrogens is 1. The average molecular weight is 310 g/mol. The fourth-order valence-electron chi connectivity index (χ4n) is 3.35. The van der Waals surface area contributed by atoms with Crippen LogP contribution in [0, 0.1) is 6.92 Å². The van der Waals surface area contributed by atoms with E-state index in [1.54, 1.807) is 0 Å². The van der Waals surface area contributed by atoms with Gasteiger partial charge in [0.05, 0.1) is 0 Å². The summed E-state index contributed by atoms with van der Waals surface area (Å²) < 4.78 is 2.20. The molecule has 3 aromatic carbocycles. The number of rotatable bonds is 2. The van der Waals surface area contributed by atoms with Crippen molar-refractivity contribution in [2.45, 2.75) is 6.92 Å². The summed E-state index contributed by atoms with van der Waals surface area (Å²) >= 11 is 0. The molecular formula is C23H20N+. The SMILES string of the molecule is Cc1c(-c2cc(-c3ccccc3)cc[n+]2C)ccc2ccccc12. The molecule has 4 aromatic rings. The minimum Gasteiger partial charge on any atom is -0.201 e. The Kier molecular flexibility index (Phi) is 3.62. The van der Waals surface area contributed by atoms with Crippen LogP contribution in [0.25, 0.3) is 33.2 Å². The van der Waals surface area contributed by atoms with Crippen molar-refractivity contribution in [2.24, 2.45) is 7.05 Å². The molecule has 1 heteroatoms. The third-order valence-corrected chi connectivity index (χ3v) is 4.73. The lowest BCUT2D eigenvalue weighted by Crippen LogP contribution is -2.30. The van der Waals surface area contributed by atoms with Crippen LogP contribution < -0.4 is 4.57 Å². The van der Waals surface area contributed by atoms with Crippen LogP contribution in [0.15, 0.2) is 85.1 Å². The maximum Gasteiger partial charge on any atom is 0.213 e. The summed E-state index contributed by atoms with van der Waals surface area (Å²) in [5.74, 6) is 0. The monoisotopic (exact) mass is 310 g/mol. The van der Waals surface area contributed by atoms with Gasteiger partial charge in [0.2, 0.25) is 5.69 Å². The second kappa shape index (κ2) is 5.93. The summed E-state index contributed by atoms with van der Waals surface area (Å²) in [6.45, 7) is 2.22. The van der Waals surface area contributed by atoms with Gasteiger partial charge < -0.3 is 0 Å². The van der Waals surface area contributed by atoms with Crippen molar-refractivity contribution in [3.63, 3.8) is 0 Å². The van der Waals surface area contributed by atoms with Gasteiger partial charge in [0, 0.05) is 17.7 Å². The minimum atomic E-state index is 1.24. The number of hydrogen-bond donors (Lipinski definition) is 0. The highest BCUT2D eigenvalue weighted by Crippen LogP contribution is 2.30. The van der Waals surface area contributed by atoms with E-state index in [-0.39, 0.29) is 0 Å². The molecule has 0 saturated heterocycles.